The standard InChI is InChI=1S/C22H21N5O3/c1-13-18(11-17-14(2)26-27(3)20(17)24-13)21(28)23-12-15-6-4-7-16(10-15)25-22(29)19-8-5-9-30-19/h4-11H,12H2,1-3H3,(H,23,28)(H,25,29). The molecule has 0 spiro atoms. The molecule has 4 rings (SSSR count). The molecular weight excluding hydrogens is 382 g/mol. The summed E-state index contributed by atoms with van der Waals surface area (Å²) in [4.78, 5) is 29.4. The number of rotatable bonds is 5. The van der Waals surface area contributed by atoms with E-state index in [1.54, 1.807) is 28.9 Å². The SMILES string of the molecule is Cc1nc2c(cc1C(=O)NCc1cccc(NC(=O)c3ccco3)c1)c(C)nn2C. The van der Waals surface area contributed by atoms with Crippen molar-refractivity contribution >= 4 is 28.5 Å². The molecule has 152 valence electrons. The van der Waals surface area contributed by atoms with Crippen molar-refractivity contribution in [2.45, 2.75) is 20.4 Å². The maximum atomic E-state index is 12.8. The molecule has 0 atom stereocenters. The van der Waals surface area contributed by atoms with Crippen molar-refractivity contribution < 1.29 is 14.0 Å². The predicted molar refractivity (Wildman–Crippen MR) is 112 cm³/mol. The molecule has 2 N–H and O–H groups in total. The summed E-state index contributed by atoms with van der Waals surface area (Å²) in [6, 6.07) is 12.4. The summed E-state index contributed by atoms with van der Waals surface area (Å²) in [5.41, 5.74) is 4.21. The number of amides is 2. The number of benzene rings is 1. The van der Waals surface area contributed by atoms with Gasteiger partial charge in [0.2, 0.25) is 0 Å². The molecule has 3 heterocycles. The van der Waals surface area contributed by atoms with Crippen LogP contribution in [-0.2, 0) is 13.6 Å². The molecule has 8 heteroatoms. The van der Waals surface area contributed by atoms with Gasteiger partial charge in [0.25, 0.3) is 11.8 Å². The van der Waals surface area contributed by atoms with E-state index in [2.05, 4.69) is 20.7 Å². The van der Waals surface area contributed by atoms with Gasteiger partial charge in [-0.1, -0.05) is 12.1 Å². The van der Waals surface area contributed by atoms with Crippen molar-refractivity contribution in [1.29, 1.82) is 0 Å². The number of carbonyl (C=O) groups excluding carboxylic acids is 2. The first kappa shape index (κ1) is 19.4. The lowest BCUT2D eigenvalue weighted by Crippen LogP contribution is -2.24. The Balaban J connectivity index is 1.46. The Morgan fingerprint density at radius 2 is 1.90 bits per heavy atom. The molecule has 0 aliphatic carbocycles. The fourth-order valence-electron chi connectivity index (χ4n) is 3.30. The van der Waals surface area contributed by atoms with Crippen molar-refractivity contribution in [3.05, 3.63) is 77.0 Å². The number of anilines is 1. The van der Waals surface area contributed by atoms with Gasteiger partial charge in [0.05, 0.1) is 23.2 Å². The van der Waals surface area contributed by atoms with Crippen molar-refractivity contribution in [3.63, 3.8) is 0 Å². The molecule has 30 heavy (non-hydrogen) atoms. The zero-order valence-electron chi connectivity index (χ0n) is 16.9. The Bertz CT molecular complexity index is 1240. The van der Waals surface area contributed by atoms with Crippen LogP contribution in [0, 0.1) is 13.8 Å². The van der Waals surface area contributed by atoms with Crippen LogP contribution in [-0.4, -0.2) is 26.6 Å². The van der Waals surface area contributed by atoms with Crippen LogP contribution >= 0.6 is 0 Å². The first-order valence-corrected chi connectivity index (χ1v) is 9.45. The number of hydrogen-bond acceptors (Lipinski definition) is 5. The highest BCUT2D eigenvalue weighted by molar-refractivity contribution is 6.02. The van der Waals surface area contributed by atoms with E-state index < -0.39 is 0 Å². The van der Waals surface area contributed by atoms with Crippen LogP contribution in [0.3, 0.4) is 0 Å². The summed E-state index contributed by atoms with van der Waals surface area (Å²) in [6.45, 7) is 4.01. The number of nitrogens with zero attached hydrogens (tertiary/aromatic N) is 3. The van der Waals surface area contributed by atoms with E-state index in [9.17, 15) is 9.59 Å². The summed E-state index contributed by atoms with van der Waals surface area (Å²) >= 11 is 0. The minimum absolute atomic E-state index is 0.213. The third-order valence-electron chi connectivity index (χ3n) is 4.82. The minimum atomic E-state index is -0.331. The van der Waals surface area contributed by atoms with E-state index in [-0.39, 0.29) is 17.6 Å². The fraction of sp³-hybridized carbons (Fsp3) is 0.182. The summed E-state index contributed by atoms with van der Waals surface area (Å²) < 4.78 is 6.81. The average Bonchev–Trinajstić information content (AvgIpc) is 3.35. The van der Waals surface area contributed by atoms with Crippen molar-refractivity contribution in [3.8, 4) is 0 Å². The van der Waals surface area contributed by atoms with Crippen LogP contribution in [0.1, 0.15) is 37.9 Å². The van der Waals surface area contributed by atoms with E-state index in [1.165, 1.54) is 6.26 Å². The van der Waals surface area contributed by atoms with Crippen LogP contribution < -0.4 is 10.6 Å². The molecule has 3 aromatic heterocycles. The monoisotopic (exact) mass is 403 g/mol. The Morgan fingerprint density at radius 1 is 1.07 bits per heavy atom. The van der Waals surface area contributed by atoms with E-state index in [1.807, 2.05) is 39.1 Å². The Hall–Kier alpha value is -3.94. The molecule has 1 aromatic carbocycles. The third kappa shape index (κ3) is 3.80. The minimum Gasteiger partial charge on any atom is -0.459 e. The number of aryl methyl sites for hydroxylation is 3. The molecule has 0 saturated heterocycles. The van der Waals surface area contributed by atoms with Crippen molar-refractivity contribution in [2.24, 2.45) is 7.05 Å². The van der Waals surface area contributed by atoms with Crippen LogP contribution in [0.5, 0.6) is 0 Å². The number of nitrogens with one attached hydrogen (secondary N) is 2. The van der Waals surface area contributed by atoms with Gasteiger partial charge in [-0.2, -0.15) is 5.10 Å². The van der Waals surface area contributed by atoms with Gasteiger partial charge < -0.3 is 15.1 Å². The highest BCUT2D eigenvalue weighted by atomic mass is 16.3. The van der Waals surface area contributed by atoms with E-state index in [0.29, 0.717) is 23.5 Å². The zero-order chi connectivity index (χ0) is 21.3. The van der Waals surface area contributed by atoms with Crippen LogP contribution in [0.4, 0.5) is 5.69 Å². The first-order valence-electron chi connectivity index (χ1n) is 9.45. The van der Waals surface area contributed by atoms with Gasteiger partial charge in [0.15, 0.2) is 11.4 Å². The molecule has 0 aliphatic rings. The number of fused-ring (bicyclic) bond motifs is 1. The van der Waals surface area contributed by atoms with Gasteiger partial charge in [-0.15, -0.1) is 0 Å². The maximum Gasteiger partial charge on any atom is 0.291 e. The van der Waals surface area contributed by atoms with E-state index in [0.717, 1.165) is 22.3 Å². The second-order valence-corrected chi connectivity index (χ2v) is 7.02. The number of furan rings is 1. The lowest BCUT2D eigenvalue weighted by atomic mass is 10.1. The summed E-state index contributed by atoms with van der Waals surface area (Å²) in [6.07, 6.45) is 1.45. The van der Waals surface area contributed by atoms with Crippen molar-refractivity contribution in [1.82, 2.24) is 20.1 Å². The van der Waals surface area contributed by atoms with Crippen LogP contribution in [0.25, 0.3) is 11.0 Å². The summed E-state index contributed by atoms with van der Waals surface area (Å²) in [5.74, 6) is -0.309. The Kier molecular flexibility index (Phi) is 5.05. The number of aromatic nitrogens is 3. The lowest BCUT2D eigenvalue weighted by Gasteiger charge is -2.10. The number of pyridine rings is 1. The molecular formula is C22H21N5O3. The molecule has 0 aliphatic heterocycles. The van der Waals surface area contributed by atoms with Gasteiger partial charge in [0, 0.05) is 24.7 Å². The van der Waals surface area contributed by atoms with Crippen LogP contribution in [0.2, 0.25) is 0 Å². The molecule has 0 fully saturated rings. The molecule has 0 saturated carbocycles. The summed E-state index contributed by atoms with van der Waals surface area (Å²) in [7, 11) is 1.83. The van der Waals surface area contributed by atoms with Gasteiger partial charge in [-0.05, 0) is 49.7 Å². The molecule has 0 unspecified atom stereocenters. The average molecular weight is 403 g/mol. The van der Waals surface area contributed by atoms with Gasteiger partial charge in [-0.25, -0.2) is 4.98 Å². The highest BCUT2D eigenvalue weighted by Gasteiger charge is 2.15. The topological polar surface area (TPSA) is 102 Å². The number of carbonyl (C=O) groups is 2. The molecule has 0 radical (unpaired) electrons. The second kappa shape index (κ2) is 7.82. The Morgan fingerprint density at radius 3 is 2.67 bits per heavy atom. The first-order chi connectivity index (χ1) is 14.4. The molecule has 8 nitrogen and oxygen atoms in total. The summed E-state index contributed by atoms with van der Waals surface area (Å²) in [5, 5.41) is 10.9. The normalized spacial score (nSPS) is 10.9. The predicted octanol–water partition coefficient (Wildman–Crippen LogP) is 3.36. The highest BCUT2D eigenvalue weighted by Crippen LogP contribution is 2.19. The molecule has 4 aromatic rings. The largest absolute Gasteiger partial charge is 0.459 e. The van der Waals surface area contributed by atoms with Crippen molar-refractivity contribution in [2.75, 3.05) is 5.32 Å². The van der Waals surface area contributed by atoms with Crippen LogP contribution in [0.15, 0.2) is 53.1 Å². The fourth-order valence-corrected chi connectivity index (χ4v) is 3.30. The maximum absolute atomic E-state index is 12.8. The third-order valence-corrected chi connectivity index (χ3v) is 4.82. The number of hydrogen-bond donors (Lipinski definition) is 2. The Labute approximate surface area is 172 Å². The van der Waals surface area contributed by atoms with Gasteiger partial charge >= 0.3 is 0 Å². The quantitative estimate of drug-likeness (QED) is 0.532. The second-order valence-electron chi connectivity index (χ2n) is 7.02. The molecule has 0 bridgehead atoms. The smallest absolute Gasteiger partial charge is 0.291 e. The lowest BCUT2D eigenvalue weighted by molar-refractivity contribution is 0.0948. The molecule has 2 amide bonds. The van der Waals surface area contributed by atoms with Gasteiger partial charge in [0.1, 0.15) is 0 Å². The van der Waals surface area contributed by atoms with Gasteiger partial charge in [-0.3, -0.25) is 14.3 Å². The van der Waals surface area contributed by atoms with E-state index in [4.69, 9.17) is 4.42 Å². The zero-order valence-corrected chi connectivity index (χ0v) is 16.9. The van der Waals surface area contributed by atoms with E-state index >= 15 is 0 Å².